The van der Waals surface area contributed by atoms with Crippen molar-refractivity contribution >= 4 is 33.4 Å². The van der Waals surface area contributed by atoms with Crippen molar-refractivity contribution in [3.63, 3.8) is 0 Å². The van der Waals surface area contributed by atoms with Gasteiger partial charge in [-0.3, -0.25) is 0 Å². The van der Waals surface area contributed by atoms with Gasteiger partial charge in [0.15, 0.2) is 11.0 Å². The minimum atomic E-state index is -3.74. The summed E-state index contributed by atoms with van der Waals surface area (Å²) in [6.07, 6.45) is 0. The number of nitrogens with zero attached hydrogens (tertiary/aromatic N) is 3. The van der Waals surface area contributed by atoms with Crippen molar-refractivity contribution in [2.75, 3.05) is 0 Å². The molecule has 0 spiro atoms. The summed E-state index contributed by atoms with van der Waals surface area (Å²) in [5.41, 5.74) is 0.832. The molecule has 0 fully saturated rings. The van der Waals surface area contributed by atoms with Gasteiger partial charge in [-0.2, -0.15) is 0 Å². The standard InChI is InChI=1S/C19H20ClFN4O2S2/c1-3-25-18(13(2)24-29(26,27)17-9-7-15(20)8-10-17)22-23-19(25)28-12-14-5-4-6-16(21)11-14/h4-11,13,24H,3,12H2,1-2H3/t13-/m1/s1. The maximum atomic E-state index is 13.4. The van der Waals surface area contributed by atoms with Crippen LogP contribution < -0.4 is 4.72 Å². The first-order valence-electron chi connectivity index (χ1n) is 8.88. The van der Waals surface area contributed by atoms with Crippen molar-refractivity contribution in [1.29, 1.82) is 0 Å². The molecule has 0 aliphatic carbocycles. The Labute approximate surface area is 178 Å². The molecule has 2 aromatic carbocycles. The molecule has 0 bridgehead atoms. The molecule has 1 N–H and O–H groups in total. The minimum Gasteiger partial charge on any atom is -0.305 e. The van der Waals surface area contributed by atoms with Crippen molar-refractivity contribution < 1.29 is 12.8 Å². The average molecular weight is 455 g/mol. The Hall–Kier alpha value is -1.94. The van der Waals surface area contributed by atoms with Crippen molar-refractivity contribution in [3.8, 4) is 0 Å². The highest BCUT2D eigenvalue weighted by Gasteiger charge is 2.23. The predicted molar refractivity (Wildman–Crippen MR) is 112 cm³/mol. The second-order valence-electron chi connectivity index (χ2n) is 6.30. The van der Waals surface area contributed by atoms with Crippen LogP contribution in [0.1, 0.15) is 31.3 Å². The van der Waals surface area contributed by atoms with Crippen LogP contribution in [0.4, 0.5) is 4.39 Å². The Morgan fingerprint density at radius 2 is 1.93 bits per heavy atom. The van der Waals surface area contributed by atoms with E-state index in [0.29, 0.717) is 28.3 Å². The molecule has 3 aromatic rings. The molecule has 0 saturated carbocycles. The lowest BCUT2D eigenvalue weighted by Crippen LogP contribution is -2.29. The fraction of sp³-hybridized carbons (Fsp3) is 0.263. The molecule has 0 aliphatic rings. The molecule has 1 atom stereocenters. The molecule has 10 heteroatoms. The van der Waals surface area contributed by atoms with Gasteiger partial charge in [-0.25, -0.2) is 17.5 Å². The Morgan fingerprint density at radius 3 is 2.59 bits per heavy atom. The second-order valence-corrected chi connectivity index (χ2v) is 9.39. The molecule has 3 rings (SSSR count). The number of thioether (sulfide) groups is 1. The third-order valence-electron chi connectivity index (χ3n) is 4.16. The molecule has 1 heterocycles. The number of sulfonamides is 1. The van der Waals surface area contributed by atoms with E-state index in [4.69, 9.17) is 11.6 Å². The Bertz CT molecular complexity index is 1090. The maximum absolute atomic E-state index is 13.4. The zero-order valence-corrected chi connectivity index (χ0v) is 18.2. The molecule has 1 aromatic heterocycles. The quantitative estimate of drug-likeness (QED) is 0.510. The van der Waals surface area contributed by atoms with E-state index in [1.807, 2.05) is 17.6 Å². The molecular weight excluding hydrogens is 435 g/mol. The average Bonchev–Trinajstić information content (AvgIpc) is 3.09. The van der Waals surface area contributed by atoms with Gasteiger partial charge >= 0.3 is 0 Å². The fourth-order valence-corrected chi connectivity index (χ4v) is 5.05. The largest absolute Gasteiger partial charge is 0.305 e. The summed E-state index contributed by atoms with van der Waals surface area (Å²) in [5.74, 6) is 0.749. The van der Waals surface area contributed by atoms with Crippen LogP contribution in [0.25, 0.3) is 0 Å². The Balaban J connectivity index is 1.75. The molecule has 29 heavy (non-hydrogen) atoms. The highest BCUT2D eigenvalue weighted by molar-refractivity contribution is 7.98. The van der Waals surface area contributed by atoms with Crippen molar-refractivity contribution in [2.24, 2.45) is 0 Å². The first-order chi connectivity index (χ1) is 13.8. The molecule has 0 saturated heterocycles. The lowest BCUT2D eigenvalue weighted by Gasteiger charge is -2.15. The molecule has 0 radical (unpaired) electrons. The normalized spacial score (nSPS) is 12.8. The molecular formula is C19H20ClFN4O2S2. The third kappa shape index (κ3) is 5.36. The molecule has 6 nitrogen and oxygen atoms in total. The summed E-state index contributed by atoms with van der Waals surface area (Å²) in [7, 11) is -3.74. The number of aromatic nitrogens is 3. The van der Waals surface area contributed by atoms with E-state index in [9.17, 15) is 12.8 Å². The van der Waals surface area contributed by atoms with Crippen LogP contribution in [0.3, 0.4) is 0 Å². The number of hydrogen-bond donors (Lipinski definition) is 1. The van der Waals surface area contributed by atoms with Gasteiger partial charge in [0, 0.05) is 17.3 Å². The van der Waals surface area contributed by atoms with E-state index in [0.717, 1.165) is 5.56 Å². The van der Waals surface area contributed by atoms with Gasteiger partial charge in [0.1, 0.15) is 5.82 Å². The van der Waals surface area contributed by atoms with E-state index in [1.165, 1.54) is 48.2 Å². The summed E-state index contributed by atoms with van der Waals surface area (Å²) in [4.78, 5) is 0.122. The van der Waals surface area contributed by atoms with Gasteiger partial charge in [-0.05, 0) is 55.8 Å². The monoisotopic (exact) mass is 454 g/mol. The number of hydrogen-bond acceptors (Lipinski definition) is 5. The first-order valence-corrected chi connectivity index (χ1v) is 11.7. The molecule has 0 aliphatic heterocycles. The van der Waals surface area contributed by atoms with Crippen molar-refractivity contribution in [2.45, 2.75) is 42.2 Å². The van der Waals surface area contributed by atoms with Gasteiger partial charge in [-0.1, -0.05) is 35.5 Å². The minimum absolute atomic E-state index is 0.122. The molecule has 154 valence electrons. The van der Waals surface area contributed by atoms with E-state index in [1.54, 1.807) is 13.0 Å². The van der Waals surface area contributed by atoms with E-state index >= 15 is 0 Å². The van der Waals surface area contributed by atoms with Gasteiger partial charge in [0.25, 0.3) is 0 Å². The fourth-order valence-electron chi connectivity index (χ4n) is 2.77. The topological polar surface area (TPSA) is 76.9 Å². The van der Waals surface area contributed by atoms with Gasteiger partial charge in [0.2, 0.25) is 10.0 Å². The van der Waals surface area contributed by atoms with Crippen molar-refractivity contribution in [3.05, 3.63) is 70.8 Å². The van der Waals surface area contributed by atoms with Crippen molar-refractivity contribution in [1.82, 2.24) is 19.5 Å². The second kappa shape index (κ2) is 9.25. The summed E-state index contributed by atoms with van der Waals surface area (Å²) >= 11 is 7.25. The van der Waals surface area contributed by atoms with Crippen LogP contribution in [-0.2, 0) is 22.3 Å². The summed E-state index contributed by atoms with van der Waals surface area (Å²) in [6.45, 7) is 4.21. The zero-order chi connectivity index (χ0) is 21.0. The lowest BCUT2D eigenvalue weighted by molar-refractivity contribution is 0.539. The first kappa shape index (κ1) is 21.8. The zero-order valence-electron chi connectivity index (χ0n) is 15.8. The third-order valence-corrected chi connectivity index (χ3v) is 7.01. The Morgan fingerprint density at radius 1 is 1.21 bits per heavy atom. The van der Waals surface area contributed by atoms with Crippen LogP contribution in [-0.4, -0.2) is 23.2 Å². The highest BCUT2D eigenvalue weighted by atomic mass is 35.5. The number of nitrogens with one attached hydrogen (secondary N) is 1. The van der Waals surface area contributed by atoms with Crippen LogP contribution >= 0.6 is 23.4 Å². The number of halogens is 2. The molecule has 0 unspecified atom stereocenters. The smallest absolute Gasteiger partial charge is 0.241 e. The lowest BCUT2D eigenvalue weighted by atomic mass is 10.2. The van der Waals surface area contributed by atoms with Crippen LogP contribution in [0.5, 0.6) is 0 Å². The maximum Gasteiger partial charge on any atom is 0.241 e. The SMILES string of the molecule is CCn1c(SCc2cccc(F)c2)nnc1[C@@H](C)NS(=O)(=O)c1ccc(Cl)cc1. The van der Waals surface area contributed by atoms with Crippen LogP contribution in [0.15, 0.2) is 58.6 Å². The summed E-state index contributed by atoms with van der Waals surface area (Å²) in [6, 6.07) is 11.7. The van der Waals surface area contributed by atoms with Crippen LogP contribution in [0.2, 0.25) is 5.02 Å². The number of benzene rings is 2. The van der Waals surface area contributed by atoms with E-state index in [2.05, 4.69) is 14.9 Å². The van der Waals surface area contributed by atoms with Gasteiger partial charge in [-0.15, -0.1) is 10.2 Å². The van der Waals surface area contributed by atoms with Crippen LogP contribution in [0, 0.1) is 5.82 Å². The van der Waals surface area contributed by atoms with E-state index < -0.39 is 16.1 Å². The summed E-state index contributed by atoms with van der Waals surface area (Å²) in [5, 5.41) is 9.47. The highest BCUT2D eigenvalue weighted by Crippen LogP contribution is 2.25. The number of rotatable bonds is 8. The summed E-state index contributed by atoms with van der Waals surface area (Å²) < 4.78 is 43.1. The Kier molecular flexibility index (Phi) is 6.94. The molecule has 0 amide bonds. The predicted octanol–water partition coefficient (Wildman–Crippen LogP) is 4.42. The van der Waals surface area contributed by atoms with Gasteiger partial charge in [0.05, 0.1) is 10.9 Å². The van der Waals surface area contributed by atoms with Gasteiger partial charge < -0.3 is 4.57 Å². The van der Waals surface area contributed by atoms with E-state index in [-0.39, 0.29) is 10.7 Å².